The first-order chi connectivity index (χ1) is 9.24. The Morgan fingerprint density at radius 2 is 2.16 bits per heavy atom. The number of aromatic nitrogens is 4. The second-order valence-corrected chi connectivity index (χ2v) is 5.32. The normalized spacial score (nSPS) is 11.2. The molecule has 6 heteroatoms. The van der Waals surface area contributed by atoms with E-state index in [0.29, 0.717) is 5.95 Å². The minimum Gasteiger partial charge on any atom is -0.369 e. The van der Waals surface area contributed by atoms with Gasteiger partial charge in [0.25, 0.3) is 0 Å². The molecule has 19 heavy (non-hydrogen) atoms. The number of nitrogens with zero attached hydrogens (tertiary/aromatic N) is 4. The van der Waals surface area contributed by atoms with Gasteiger partial charge in [-0.1, -0.05) is 15.9 Å². The Balaban J connectivity index is 1.78. The van der Waals surface area contributed by atoms with Crippen molar-refractivity contribution < 1.29 is 0 Å². The number of imidazole rings is 2. The summed E-state index contributed by atoms with van der Waals surface area (Å²) in [5.74, 6) is 0.568. The van der Waals surface area contributed by atoms with Crippen LogP contribution in [0.1, 0.15) is 6.42 Å². The van der Waals surface area contributed by atoms with E-state index in [9.17, 15) is 0 Å². The van der Waals surface area contributed by atoms with Gasteiger partial charge in [-0.15, -0.1) is 0 Å². The molecular formula is C13H14BrN5. The number of hydrogen-bond donors (Lipinski definition) is 1. The summed E-state index contributed by atoms with van der Waals surface area (Å²) in [6.45, 7) is 1.78. The highest BCUT2D eigenvalue weighted by Gasteiger charge is 2.07. The summed E-state index contributed by atoms with van der Waals surface area (Å²) in [7, 11) is 0. The maximum atomic E-state index is 5.98. The topological polar surface area (TPSA) is 61.7 Å². The second kappa shape index (κ2) is 5.05. The quantitative estimate of drug-likeness (QED) is 0.804. The van der Waals surface area contributed by atoms with Crippen LogP contribution in [-0.2, 0) is 13.1 Å². The number of rotatable bonds is 4. The monoisotopic (exact) mass is 319 g/mol. The van der Waals surface area contributed by atoms with E-state index in [-0.39, 0.29) is 0 Å². The Labute approximate surface area is 119 Å². The predicted molar refractivity (Wildman–Crippen MR) is 78.7 cm³/mol. The number of hydrogen-bond acceptors (Lipinski definition) is 3. The van der Waals surface area contributed by atoms with Crippen molar-refractivity contribution in [2.45, 2.75) is 19.5 Å². The highest BCUT2D eigenvalue weighted by Crippen LogP contribution is 2.22. The van der Waals surface area contributed by atoms with E-state index in [1.54, 1.807) is 6.20 Å². The van der Waals surface area contributed by atoms with Crippen LogP contribution in [0.4, 0.5) is 5.95 Å². The zero-order chi connectivity index (χ0) is 13.2. The minimum absolute atomic E-state index is 0.568. The third kappa shape index (κ3) is 2.49. The molecular weight excluding hydrogens is 306 g/mol. The van der Waals surface area contributed by atoms with Crippen LogP contribution in [0.3, 0.4) is 0 Å². The van der Waals surface area contributed by atoms with Gasteiger partial charge < -0.3 is 14.9 Å². The molecule has 0 radical (unpaired) electrons. The van der Waals surface area contributed by atoms with Gasteiger partial charge in [-0.3, -0.25) is 0 Å². The first-order valence-electron chi connectivity index (χ1n) is 6.11. The molecule has 2 aromatic heterocycles. The third-order valence-corrected chi connectivity index (χ3v) is 3.59. The largest absolute Gasteiger partial charge is 0.369 e. The van der Waals surface area contributed by atoms with Gasteiger partial charge in [0.15, 0.2) is 0 Å². The van der Waals surface area contributed by atoms with E-state index in [2.05, 4.69) is 35.0 Å². The fourth-order valence-corrected chi connectivity index (χ4v) is 2.54. The highest BCUT2D eigenvalue weighted by atomic mass is 79.9. The molecule has 98 valence electrons. The van der Waals surface area contributed by atoms with Gasteiger partial charge in [-0.05, 0) is 24.6 Å². The summed E-state index contributed by atoms with van der Waals surface area (Å²) in [6, 6.07) is 6.04. The fraction of sp³-hybridized carbons (Fsp3) is 0.231. The van der Waals surface area contributed by atoms with E-state index < -0.39 is 0 Å². The Kier molecular flexibility index (Phi) is 3.25. The van der Waals surface area contributed by atoms with Crippen LogP contribution in [0.5, 0.6) is 0 Å². The molecule has 0 fully saturated rings. The SMILES string of the molecule is Nc1nc2cc(Br)ccc2n1CCCn1ccnc1. The molecule has 0 atom stereocenters. The average Bonchev–Trinajstić information content (AvgIpc) is 2.98. The van der Waals surface area contributed by atoms with Crippen molar-refractivity contribution in [2.24, 2.45) is 0 Å². The molecule has 0 aliphatic heterocycles. The van der Waals surface area contributed by atoms with Crippen molar-refractivity contribution in [3.63, 3.8) is 0 Å². The van der Waals surface area contributed by atoms with Gasteiger partial charge in [-0.2, -0.15) is 0 Å². The van der Waals surface area contributed by atoms with Crippen molar-refractivity contribution >= 4 is 32.9 Å². The Bertz CT molecular complexity index is 686. The molecule has 3 rings (SSSR count). The van der Waals surface area contributed by atoms with Crippen LogP contribution in [-0.4, -0.2) is 19.1 Å². The molecule has 0 aliphatic carbocycles. The van der Waals surface area contributed by atoms with Gasteiger partial charge in [0.1, 0.15) is 0 Å². The van der Waals surface area contributed by atoms with E-state index in [1.165, 1.54) is 0 Å². The average molecular weight is 320 g/mol. The lowest BCUT2D eigenvalue weighted by Crippen LogP contribution is -2.06. The van der Waals surface area contributed by atoms with E-state index in [0.717, 1.165) is 35.0 Å². The molecule has 1 aromatic carbocycles. The van der Waals surface area contributed by atoms with E-state index >= 15 is 0 Å². The smallest absolute Gasteiger partial charge is 0.201 e. The summed E-state index contributed by atoms with van der Waals surface area (Å²) in [4.78, 5) is 8.41. The summed E-state index contributed by atoms with van der Waals surface area (Å²) in [5, 5.41) is 0. The number of nitrogen functional groups attached to an aromatic ring is 1. The van der Waals surface area contributed by atoms with Crippen LogP contribution < -0.4 is 5.73 Å². The lowest BCUT2D eigenvalue weighted by Gasteiger charge is -2.07. The fourth-order valence-electron chi connectivity index (χ4n) is 2.19. The van der Waals surface area contributed by atoms with Crippen molar-refractivity contribution in [3.8, 4) is 0 Å². The standard InChI is InChI=1S/C13H14BrN5/c14-10-2-3-12-11(8-10)17-13(15)19(12)6-1-5-18-7-4-16-9-18/h2-4,7-9H,1,5-6H2,(H2,15,17). The lowest BCUT2D eigenvalue weighted by atomic mass is 10.3. The Morgan fingerprint density at radius 3 is 2.95 bits per heavy atom. The highest BCUT2D eigenvalue weighted by molar-refractivity contribution is 9.10. The zero-order valence-corrected chi connectivity index (χ0v) is 11.9. The first kappa shape index (κ1) is 12.2. The van der Waals surface area contributed by atoms with E-state index in [1.807, 2.05) is 30.7 Å². The van der Waals surface area contributed by atoms with Crippen LogP contribution in [0.15, 0.2) is 41.4 Å². The number of nitrogens with two attached hydrogens (primary N) is 1. The number of benzene rings is 1. The van der Waals surface area contributed by atoms with Gasteiger partial charge in [0, 0.05) is 30.0 Å². The third-order valence-electron chi connectivity index (χ3n) is 3.10. The molecule has 5 nitrogen and oxygen atoms in total. The maximum Gasteiger partial charge on any atom is 0.201 e. The van der Waals surface area contributed by atoms with Crippen LogP contribution >= 0.6 is 15.9 Å². The predicted octanol–water partition coefficient (Wildman–Crippen LogP) is 2.67. The molecule has 0 unspecified atom stereocenters. The van der Waals surface area contributed by atoms with Crippen LogP contribution in [0.2, 0.25) is 0 Å². The molecule has 0 spiro atoms. The first-order valence-corrected chi connectivity index (χ1v) is 6.90. The Hall–Kier alpha value is -1.82. The molecule has 0 saturated carbocycles. The van der Waals surface area contributed by atoms with Crippen molar-refractivity contribution in [2.75, 3.05) is 5.73 Å². The second-order valence-electron chi connectivity index (χ2n) is 4.41. The van der Waals surface area contributed by atoms with Gasteiger partial charge in [-0.25, -0.2) is 9.97 Å². The molecule has 2 N–H and O–H groups in total. The number of halogens is 1. The minimum atomic E-state index is 0.568. The number of anilines is 1. The molecule has 0 amide bonds. The van der Waals surface area contributed by atoms with Crippen LogP contribution in [0.25, 0.3) is 11.0 Å². The van der Waals surface area contributed by atoms with Crippen molar-refractivity contribution in [1.82, 2.24) is 19.1 Å². The molecule has 0 bridgehead atoms. The summed E-state index contributed by atoms with van der Waals surface area (Å²) < 4.78 is 5.13. The van der Waals surface area contributed by atoms with Crippen molar-refractivity contribution in [1.29, 1.82) is 0 Å². The van der Waals surface area contributed by atoms with Gasteiger partial charge >= 0.3 is 0 Å². The van der Waals surface area contributed by atoms with Crippen molar-refractivity contribution in [3.05, 3.63) is 41.4 Å². The summed E-state index contributed by atoms with van der Waals surface area (Å²) in [5.41, 5.74) is 7.98. The van der Waals surface area contributed by atoms with E-state index in [4.69, 9.17) is 5.73 Å². The van der Waals surface area contributed by atoms with Gasteiger partial charge in [0.05, 0.1) is 17.4 Å². The summed E-state index contributed by atoms with van der Waals surface area (Å²) >= 11 is 3.44. The van der Waals surface area contributed by atoms with Gasteiger partial charge in [0.2, 0.25) is 5.95 Å². The summed E-state index contributed by atoms with van der Waals surface area (Å²) in [6.07, 6.45) is 6.57. The lowest BCUT2D eigenvalue weighted by molar-refractivity contribution is 0.575. The maximum absolute atomic E-state index is 5.98. The van der Waals surface area contributed by atoms with Crippen LogP contribution in [0, 0.1) is 0 Å². The molecule has 2 heterocycles. The molecule has 0 aliphatic rings. The zero-order valence-electron chi connectivity index (χ0n) is 10.3. The number of aryl methyl sites for hydroxylation is 2. The molecule has 0 saturated heterocycles. The molecule has 3 aromatic rings. The Morgan fingerprint density at radius 1 is 1.26 bits per heavy atom. The number of fused-ring (bicyclic) bond motifs is 1.